The summed E-state index contributed by atoms with van der Waals surface area (Å²) in [4.78, 5) is 0. The van der Waals surface area contributed by atoms with E-state index in [9.17, 15) is 4.39 Å². The highest BCUT2D eigenvalue weighted by atomic mass is 35.5. The van der Waals surface area contributed by atoms with Crippen LogP contribution in [0.1, 0.15) is 11.1 Å². The Hall–Kier alpha value is -2.05. The molecule has 0 saturated heterocycles. The van der Waals surface area contributed by atoms with E-state index in [1.165, 1.54) is 12.1 Å². The minimum Gasteiger partial charge on any atom is -0.381 e. The first kappa shape index (κ1) is 12.4. The van der Waals surface area contributed by atoms with Crippen LogP contribution in [0.5, 0.6) is 0 Å². The summed E-state index contributed by atoms with van der Waals surface area (Å²) in [5, 5.41) is 12.4. The zero-order valence-corrected chi connectivity index (χ0v) is 10.2. The van der Waals surface area contributed by atoms with Crippen molar-refractivity contribution in [2.75, 3.05) is 5.32 Å². The van der Waals surface area contributed by atoms with Crippen molar-refractivity contribution in [3.63, 3.8) is 0 Å². The third kappa shape index (κ3) is 2.99. The van der Waals surface area contributed by atoms with Crippen LogP contribution < -0.4 is 5.32 Å². The van der Waals surface area contributed by atoms with Gasteiger partial charge in [0.25, 0.3) is 0 Å². The summed E-state index contributed by atoms with van der Waals surface area (Å²) in [6.45, 7) is 0.562. The molecule has 2 rings (SSSR count). The maximum Gasteiger partial charge on any atom is 0.123 e. The average Bonchev–Trinajstić information content (AvgIpc) is 2.39. The number of anilines is 1. The van der Waals surface area contributed by atoms with E-state index in [1.54, 1.807) is 30.3 Å². The highest BCUT2D eigenvalue weighted by Crippen LogP contribution is 2.20. The fraction of sp³-hybridized carbons (Fsp3) is 0.0714. The lowest BCUT2D eigenvalue weighted by atomic mass is 10.2. The fourth-order valence-corrected chi connectivity index (χ4v) is 1.69. The van der Waals surface area contributed by atoms with Gasteiger partial charge in [0.2, 0.25) is 0 Å². The molecule has 0 saturated carbocycles. The molecule has 0 fully saturated rings. The van der Waals surface area contributed by atoms with Crippen LogP contribution >= 0.6 is 11.6 Å². The highest BCUT2D eigenvalue weighted by Gasteiger charge is 2.01. The van der Waals surface area contributed by atoms with Crippen LogP contribution in [0.3, 0.4) is 0 Å². The molecule has 0 radical (unpaired) electrons. The molecule has 0 bridgehead atoms. The van der Waals surface area contributed by atoms with Crippen LogP contribution in [0.15, 0.2) is 42.5 Å². The molecule has 0 amide bonds. The van der Waals surface area contributed by atoms with Crippen LogP contribution in [-0.2, 0) is 6.54 Å². The molecular formula is C14H10ClFN2. The molecule has 18 heavy (non-hydrogen) atoms. The number of halogens is 2. The topological polar surface area (TPSA) is 35.8 Å². The number of nitrogens with one attached hydrogen (secondary N) is 1. The van der Waals surface area contributed by atoms with E-state index in [4.69, 9.17) is 16.9 Å². The van der Waals surface area contributed by atoms with Crippen molar-refractivity contribution in [1.29, 1.82) is 5.26 Å². The second-order valence-electron chi connectivity index (χ2n) is 3.79. The zero-order chi connectivity index (χ0) is 13.0. The monoisotopic (exact) mass is 260 g/mol. The summed E-state index contributed by atoms with van der Waals surface area (Å²) < 4.78 is 12.7. The highest BCUT2D eigenvalue weighted by molar-refractivity contribution is 6.31. The van der Waals surface area contributed by atoms with Gasteiger partial charge >= 0.3 is 0 Å². The Balaban J connectivity index is 2.06. The summed E-state index contributed by atoms with van der Waals surface area (Å²) >= 11 is 5.84. The Kier molecular flexibility index (Phi) is 3.81. The second-order valence-corrected chi connectivity index (χ2v) is 4.19. The van der Waals surface area contributed by atoms with E-state index >= 15 is 0 Å². The molecule has 2 aromatic rings. The predicted octanol–water partition coefficient (Wildman–Crippen LogP) is 3.96. The minimum atomic E-state index is -0.253. The Morgan fingerprint density at radius 3 is 2.56 bits per heavy atom. The lowest BCUT2D eigenvalue weighted by molar-refractivity contribution is 0.627. The molecule has 4 heteroatoms. The van der Waals surface area contributed by atoms with Gasteiger partial charge in [-0.15, -0.1) is 0 Å². The van der Waals surface area contributed by atoms with Gasteiger partial charge in [-0.2, -0.15) is 5.26 Å². The van der Waals surface area contributed by atoms with Gasteiger partial charge in [0.1, 0.15) is 11.9 Å². The number of hydrogen-bond acceptors (Lipinski definition) is 2. The third-order valence-corrected chi connectivity index (χ3v) is 2.83. The van der Waals surface area contributed by atoms with E-state index in [2.05, 4.69) is 5.32 Å². The van der Waals surface area contributed by atoms with Crippen LogP contribution in [0, 0.1) is 17.1 Å². The molecule has 0 unspecified atom stereocenters. The molecule has 90 valence electrons. The van der Waals surface area contributed by atoms with Crippen LogP contribution in [-0.4, -0.2) is 0 Å². The van der Waals surface area contributed by atoms with E-state index in [0.717, 1.165) is 11.3 Å². The Labute approximate surface area is 110 Å². The molecule has 0 spiro atoms. The normalized spacial score (nSPS) is 9.83. The van der Waals surface area contributed by atoms with E-state index < -0.39 is 0 Å². The molecule has 0 aliphatic rings. The van der Waals surface area contributed by atoms with Gasteiger partial charge in [0.05, 0.1) is 10.6 Å². The standard InChI is InChI=1S/C14H10ClFN2/c15-14-6-5-13(7-11(14)8-17)18-9-10-1-3-12(16)4-2-10/h1-7,18H,9H2. The van der Waals surface area contributed by atoms with Gasteiger partial charge in [0, 0.05) is 12.2 Å². The van der Waals surface area contributed by atoms with Crippen molar-refractivity contribution in [2.45, 2.75) is 6.54 Å². The number of benzene rings is 2. The Morgan fingerprint density at radius 1 is 1.17 bits per heavy atom. The van der Waals surface area contributed by atoms with E-state index in [0.29, 0.717) is 17.1 Å². The molecule has 2 nitrogen and oxygen atoms in total. The molecule has 1 N–H and O–H groups in total. The summed E-state index contributed by atoms with van der Waals surface area (Å²) in [6, 6.07) is 13.4. The predicted molar refractivity (Wildman–Crippen MR) is 69.9 cm³/mol. The van der Waals surface area contributed by atoms with Crippen LogP contribution in [0.25, 0.3) is 0 Å². The zero-order valence-electron chi connectivity index (χ0n) is 9.45. The first-order valence-electron chi connectivity index (χ1n) is 5.37. The van der Waals surface area contributed by atoms with Crippen LogP contribution in [0.2, 0.25) is 5.02 Å². The first-order chi connectivity index (χ1) is 8.69. The SMILES string of the molecule is N#Cc1cc(NCc2ccc(F)cc2)ccc1Cl. The summed E-state index contributed by atoms with van der Waals surface area (Å²) in [7, 11) is 0. The van der Waals surface area contributed by atoms with Gasteiger partial charge < -0.3 is 5.32 Å². The van der Waals surface area contributed by atoms with E-state index in [-0.39, 0.29) is 5.82 Å². The molecule has 0 aliphatic carbocycles. The molecule has 2 aromatic carbocycles. The van der Waals surface area contributed by atoms with Crippen molar-refractivity contribution in [1.82, 2.24) is 0 Å². The van der Waals surface area contributed by atoms with Gasteiger partial charge in [0.15, 0.2) is 0 Å². The summed E-state index contributed by atoms with van der Waals surface area (Å²) in [5.74, 6) is -0.253. The molecule has 0 atom stereocenters. The minimum absolute atomic E-state index is 0.253. The van der Waals surface area contributed by atoms with Crippen molar-refractivity contribution >= 4 is 17.3 Å². The Morgan fingerprint density at radius 2 is 1.89 bits per heavy atom. The average molecular weight is 261 g/mol. The lowest BCUT2D eigenvalue weighted by Gasteiger charge is -2.07. The maximum absolute atomic E-state index is 12.7. The molecule has 0 heterocycles. The molecule has 0 aromatic heterocycles. The smallest absolute Gasteiger partial charge is 0.123 e. The quantitative estimate of drug-likeness (QED) is 0.907. The Bertz CT molecular complexity index is 588. The third-order valence-electron chi connectivity index (χ3n) is 2.50. The van der Waals surface area contributed by atoms with Crippen molar-refractivity contribution in [3.8, 4) is 6.07 Å². The van der Waals surface area contributed by atoms with Gasteiger partial charge in [-0.25, -0.2) is 4.39 Å². The van der Waals surface area contributed by atoms with Gasteiger partial charge in [-0.05, 0) is 35.9 Å². The summed E-state index contributed by atoms with van der Waals surface area (Å²) in [5.41, 5.74) is 2.20. The number of nitriles is 1. The van der Waals surface area contributed by atoms with E-state index in [1.807, 2.05) is 6.07 Å². The number of hydrogen-bond donors (Lipinski definition) is 1. The van der Waals surface area contributed by atoms with Crippen LogP contribution in [0.4, 0.5) is 10.1 Å². The largest absolute Gasteiger partial charge is 0.381 e. The van der Waals surface area contributed by atoms with Gasteiger partial charge in [-0.1, -0.05) is 23.7 Å². The number of rotatable bonds is 3. The van der Waals surface area contributed by atoms with Crippen molar-refractivity contribution in [3.05, 3.63) is 64.4 Å². The van der Waals surface area contributed by atoms with Crippen molar-refractivity contribution < 1.29 is 4.39 Å². The molecular weight excluding hydrogens is 251 g/mol. The summed E-state index contributed by atoms with van der Waals surface area (Å²) in [6.07, 6.45) is 0. The number of nitrogens with zero attached hydrogens (tertiary/aromatic N) is 1. The van der Waals surface area contributed by atoms with Crippen molar-refractivity contribution in [2.24, 2.45) is 0 Å². The lowest BCUT2D eigenvalue weighted by Crippen LogP contribution is -1.99. The second kappa shape index (κ2) is 5.52. The molecule has 0 aliphatic heterocycles. The van der Waals surface area contributed by atoms with Gasteiger partial charge in [-0.3, -0.25) is 0 Å². The fourth-order valence-electron chi connectivity index (χ4n) is 1.53. The first-order valence-corrected chi connectivity index (χ1v) is 5.75. The maximum atomic E-state index is 12.7.